The Kier molecular flexibility index (Phi) is 3.39. The van der Waals surface area contributed by atoms with Gasteiger partial charge in [0.1, 0.15) is 12.3 Å². The highest BCUT2D eigenvalue weighted by Gasteiger charge is 2.26. The van der Waals surface area contributed by atoms with Crippen LogP contribution in [0.1, 0.15) is 6.92 Å². The van der Waals surface area contributed by atoms with Crippen LogP contribution in [-0.2, 0) is 0 Å². The lowest BCUT2D eigenvalue weighted by Gasteiger charge is -2.12. The summed E-state index contributed by atoms with van der Waals surface area (Å²) in [6.45, 7) is 2.52. The minimum Gasteiger partial charge on any atom is -0.436 e. The molecule has 2 heterocycles. The van der Waals surface area contributed by atoms with Crippen LogP contribution >= 0.6 is 0 Å². The lowest BCUT2D eigenvalue weighted by molar-refractivity contribution is -0.676. The van der Waals surface area contributed by atoms with Crippen LogP contribution in [-0.4, -0.2) is 12.3 Å². The molecule has 1 aromatic heterocycles. The molecule has 0 atom stereocenters. The number of nitrogens with zero attached hydrogens (tertiary/aromatic N) is 2. The first-order valence-electron chi connectivity index (χ1n) is 7.69. The molecule has 2 aromatic carbocycles. The van der Waals surface area contributed by atoms with Gasteiger partial charge >= 0.3 is 5.88 Å². The van der Waals surface area contributed by atoms with Crippen molar-refractivity contribution < 1.29 is 9.41 Å². The van der Waals surface area contributed by atoms with Crippen LogP contribution in [0.5, 0.6) is 5.88 Å². The molecule has 3 heteroatoms. The fraction of sp³-hybridized carbons (Fsp3) is 0.100. The molecule has 1 aliphatic rings. The Labute approximate surface area is 135 Å². The molecule has 0 radical (unpaired) electrons. The van der Waals surface area contributed by atoms with Gasteiger partial charge in [0, 0.05) is 16.7 Å². The maximum Gasteiger partial charge on any atom is 0.400 e. The first-order chi connectivity index (χ1) is 11.3. The SMILES string of the molecule is CC1=N[n+]2c(cc(-c3ccccc3)cc2-c2ccccc2)OC1. The first kappa shape index (κ1) is 13.7. The number of hydrogen-bond donors (Lipinski definition) is 0. The fourth-order valence-electron chi connectivity index (χ4n) is 2.76. The number of hydrogen-bond acceptors (Lipinski definition) is 2. The number of ether oxygens (including phenoxy) is 1. The maximum absolute atomic E-state index is 5.89. The molecule has 0 aliphatic carbocycles. The van der Waals surface area contributed by atoms with Gasteiger partial charge in [-0.2, -0.15) is 0 Å². The molecular weight excluding hydrogens is 284 g/mol. The van der Waals surface area contributed by atoms with E-state index >= 15 is 0 Å². The fourth-order valence-corrected chi connectivity index (χ4v) is 2.76. The van der Waals surface area contributed by atoms with Crippen molar-refractivity contribution in [2.24, 2.45) is 5.10 Å². The van der Waals surface area contributed by atoms with Crippen molar-refractivity contribution in [3.63, 3.8) is 0 Å². The lowest BCUT2D eigenvalue weighted by atomic mass is 10.0. The molecule has 3 nitrogen and oxygen atoms in total. The largest absolute Gasteiger partial charge is 0.436 e. The van der Waals surface area contributed by atoms with Gasteiger partial charge in [-0.15, -0.1) is 0 Å². The maximum atomic E-state index is 5.89. The predicted octanol–water partition coefficient (Wildman–Crippen LogP) is 3.92. The van der Waals surface area contributed by atoms with E-state index in [1.54, 1.807) is 0 Å². The lowest BCUT2D eigenvalue weighted by Crippen LogP contribution is -2.39. The summed E-state index contributed by atoms with van der Waals surface area (Å²) in [6.07, 6.45) is 0. The molecule has 0 spiro atoms. The highest BCUT2D eigenvalue weighted by Crippen LogP contribution is 2.28. The van der Waals surface area contributed by atoms with Crippen LogP contribution < -0.4 is 9.41 Å². The molecule has 0 N–H and O–H groups in total. The van der Waals surface area contributed by atoms with E-state index in [1.165, 1.54) is 5.56 Å². The second kappa shape index (κ2) is 5.69. The molecule has 0 amide bonds. The van der Waals surface area contributed by atoms with E-state index in [1.807, 2.05) is 48.0 Å². The Morgan fingerprint density at radius 1 is 0.826 bits per heavy atom. The Bertz CT molecular complexity index is 871. The Morgan fingerprint density at radius 3 is 2.17 bits per heavy atom. The molecular formula is C20H17N2O+. The van der Waals surface area contributed by atoms with E-state index in [0.29, 0.717) is 6.61 Å². The number of aromatic nitrogens is 1. The van der Waals surface area contributed by atoms with Crippen LogP contribution in [0.25, 0.3) is 22.4 Å². The van der Waals surface area contributed by atoms with Gasteiger partial charge < -0.3 is 4.74 Å². The first-order valence-corrected chi connectivity index (χ1v) is 7.69. The summed E-state index contributed by atoms with van der Waals surface area (Å²) in [5.41, 5.74) is 5.41. The van der Waals surface area contributed by atoms with Crippen molar-refractivity contribution in [1.82, 2.24) is 0 Å². The van der Waals surface area contributed by atoms with Crippen LogP contribution in [0.4, 0.5) is 0 Å². The van der Waals surface area contributed by atoms with E-state index in [0.717, 1.165) is 28.4 Å². The molecule has 0 fully saturated rings. The Balaban J connectivity index is 1.96. The van der Waals surface area contributed by atoms with Crippen LogP contribution in [0.2, 0.25) is 0 Å². The van der Waals surface area contributed by atoms with E-state index in [2.05, 4.69) is 41.5 Å². The third kappa shape index (κ3) is 2.61. The van der Waals surface area contributed by atoms with Crippen molar-refractivity contribution in [2.75, 3.05) is 6.61 Å². The third-order valence-electron chi connectivity index (χ3n) is 3.88. The average molecular weight is 301 g/mol. The second-order valence-corrected chi connectivity index (χ2v) is 5.64. The quantitative estimate of drug-likeness (QED) is 0.659. The topological polar surface area (TPSA) is 25.5 Å². The molecule has 3 aromatic rings. The van der Waals surface area contributed by atoms with Crippen LogP contribution in [0, 0.1) is 0 Å². The van der Waals surface area contributed by atoms with Gasteiger partial charge in [0.15, 0.2) is 0 Å². The van der Waals surface area contributed by atoms with Crippen molar-refractivity contribution >= 4 is 5.71 Å². The van der Waals surface area contributed by atoms with Crippen LogP contribution in [0.15, 0.2) is 77.9 Å². The van der Waals surface area contributed by atoms with Gasteiger partial charge in [-0.3, -0.25) is 0 Å². The summed E-state index contributed by atoms with van der Waals surface area (Å²) in [7, 11) is 0. The smallest absolute Gasteiger partial charge is 0.400 e. The zero-order chi connectivity index (χ0) is 15.6. The monoisotopic (exact) mass is 301 g/mol. The van der Waals surface area contributed by atoms with Gasteiger partial charge in [-0.05, 0) is 34.9 Å². The average Bonchev–Trinajstić information content (AvgIpc) is 2.62. The molecule has 23 heavy (non-hydrogen) atoms. The molecule has 112 valence electrons. The summed E-state index contributed by atoms with van der Waals surface area (Å²) in [5.74, 6) is 0.774. The Morgan fingerprint density at radius 2 is 1.48 bits per heavy atom. The Hall–Kier alpha value is -2.94. The summed E-state index contributed by atoms with van der Waals surface area (Å²) in [4.78, 5) is 0. The minimum atomic E-state index is 0.534. The molecule has 0 saturated carbocycles. The highest BCUT2D eigenvalue weighted by atomic mass is 16.5. The summed E-state index contributed by atoms with van der Waals surface area (Å²) < 4.78 is 7.78. The zero-order valence-corrected chi connectivity index (χ0v) is 12.9. The number of pyridine rings is 1. The summed E-state index contributed by atoms with van der Waals surface area (Å²) >= 11 is 0. The van der Waals surface area contributed by atoms with Gasteiger partial charge in [0.05, 0.1) is 6.07 Å². The van der Waals surface area contributed by atoms with E-state index in [-0.39, 0.29) is 0 Å². The normalized spacial score (nSPS) is 13.0. The zero-order valence-electron chi connectivity index (χ0n) is 12.9. The summed E-state index contributed by atoms with van der Waals surface area (Å²) in [5, 5.41) is 4.67. The molecule has 0 saturated heterocycles. The third-order valence-corrected chi connectivity index (χ3v) is 3.88. The summed E-state index contributed by atoms with van der Waals surface area (Å²) in [6, 6.07) is 24.9. The van der Waals surface area contributed by atoms with Crippen LogP contribution in [0.3, 0.4) is 0 Å². The standard InChI is InChI=1S/C20H17N2O/c1-15-14-23-20-13-18(16-8-4-2-5-9-16)12-19(22(20)21-15)17-10-6-3-7-11-17/h2-13H,14H2,1H3/q+1. The number of benzene rings is 2. The van der Waals surface area contributed by atoms with E-state index < -0.39 is 0 Å². The molecule has 4 rings (SSSR count). The number of fused-ring (bicyclic) bond motifs is 1. The van der Waals surface area contributed by atoms with Crippen molar-refractivity contribution in [2.45, 2.75) is 6.92 Å². The van der Waals surface area contributed by atoms with Gasteiger partial charge in [0.2, 0.25) is 5.69 Å². The molecule has 0 bridgehead atoms. The predicted molar refractivity (Wildman–Crippen MR) is 91.5 cm³/mol. The van der Waals surface area contributed by atoms with Gasteiger partial charge in [-0.25, -0.2) is 0 Å². The number of rotatable bonds is 2. The minimum absolute atomic E-state index is 0.534. The van der Waals surface area contributed by atoms with E-state index in [4.69, 9.17) is 4.74 Å². The van der Waals surface area contributed by atoms with Gasteiger partial charge in [-0.1, -0.05) is 48.5 Å². The van der Waals surface area contributed by atoms with Gasteiger partial charge in [0.25, 0.3) is 0 Å². The molecule has 0 unspecified atom stereocenters. The van der Waals surface area contributed by atoms with Crippen molar-refractivity contribution in [1.29, 1.82) is 0 Å². The van der Waals surface area contributed by atoms with E-state index in [9.17, 15) is 0 Å². The molecule has 1 aliphatic heterocycles. The highest BCUT2D eigenvalue weighted by molar-refractivity contribution is 5.83. The van der Waals surface area contributed by atoms with Crippen molar-refractivity contribution in [3.8, 4) is 28.3 Å². The van der Waals surface area contributed by atoms with Crippen molar-refractivity contribution in [3.05, 3.63) is 72.8 Å². The second-order valence-electron chi connectivity index (χ2n) is 5.64.